The van der Waals surface area contributed by atoms with Crippen molar-refractivity contribution in [2.45, 2.75) is 49.3 Å². The number of nitrogens with two attached hydrogens (primary N) is 1. The maximum absolute atomic E-state index is 12.2. The third kappa shape index (κ3) is 4.93. The van der Waals surface area contributed by atoms with E-state index in [-0.39, 0.29) is 5.01 Å². The molecule has 0 aliphatic rings. The molecule has 21 heavy (non-hydrogen) atoms. The second-order valence-electron chi connectivity index (χ2n) is 5.41. The molecule has 0 unspecified atom stereocenters. The molecule has 0 rings (SSSR count). The van der Waals surface area contributed by atoms with Crippen LogP contribution in [-0.2, 0) is 9.59 Å². The number of nitroso groups, excluding NO2 is 2. The average molecular weight is 338 g/mol. The zero-order valence-electron chi connectivity index (χ0n) is 12.0. The number of rotatable bonds is 8. The van der Waals surface area contributed by atoms with Crippen LogP contribution in [-0.4, -0.2) is 43.6 Å². The van der Waals surface area contributed by atoms with Crippen molar-refractivity contribution in [2.75, 3.05) is 0 Å². The predicted molar refractivity (Wildman–Crippen MR) is 82.6 cm³/mol. The Bertz CT molecular complexity index is 438. The highest BCUT2D eigenvalue weighted by Gasteiger charge is 2.47. The van der Waals surface area contributed by atoms with Crippen molar-refractivity contribution in [3.8, 4) is 0 Å². The third-order valence-corrected chi connectivity index (χ3v) is 3.80. The molecule has 0 aromatic heterocycles. The molecular formula is C10H18N4O5S2. The maximum atomic E-state index is 12.2. The zero-order valence-corrected chi connectivity index (χ0v) is 13.7. The van der Waals surface area contributed by atoms with Crippen LogP contribution in [0.3, 0.4) is 0 Å². The van der Waals surface area contributed by atoms with Gasteiger partial charge in [-0.1, -0.05) is 0 Å². The van der Waals surface area contributed by atoms with Gasteiger partial charge in [0.25, 0.3) is 5.91 Å². The van der Waals surface area contributed by atoms with Gasteiger partial charge in [-0.05, 0) is 27.7 Å². The number of carbonyl (C=O) groups is 2. The molecule has 2 atom stereocenters. The van der Waals surface area contributed by atoms with E-state index in [1.54, 1.807) is 0 Å². The number of carboxylic acids is 1. The smallest absolute Gasteiger partial charge is 0.330 e. The summed E-state index contributed by atoms with van der Waals surface area (Å²) in [4.78, 5) is 44.9. The lowest BCUT2D eigenvalue weighted by molar-refractivity contribution is -0.152. The van der Waals surface area contributed by atoms with Gasteiger partial charge in [0.15, 0.2) is 6.04 Å². The lowest BCUT2D eigenvalue weighted by atomic mass is 9.99. The minimum atomic E-state index is -1.70. The van der Waals surface area contributed by atoms with Crippen LogP contribution >= 0.6 is 24.6 Å². The lowest BCUT2D eigenvalue weighted by Gasteiger charge is -2.35. The van der Waals surface area contributed by atoms with Crippen molar-refractivity contribution in [3.05, 3.63) is 9.81 Å². The summed E-state index contributed by atoms with van der Waals surface area (Å²) in [7, 11) is 0. The fourth-order valence-electron chi connectivity index (χ4n) is 1.50. The number of nitrogens with zero attached hydrogens (tertiary/aromatic N) is 3. The second kappa shape index (κ2) is 7.18. The highest BCUT2D eigenvalue weighted by Crippen LogP contribution is 2.33. The van der Waals surface area contributed by atoms with Crippen molar-refractivity contribution < 1.29 is 14.7 Å². The molecule has 9 nitrogen and oxygen atoms in total. The van der Waals surface area contributed by atoms with Gasteiger partial charge in [-0.25, -0.2) is 4.79 Å². The Kier molecular flexibility index (Phi) is 6.77. The van der Waals surface area contributed by atoms with E-state index < -0.39 is 33.5 Å². The fraction of sp³-hybridized carbons (Fsp3) is 0.800. The molecule has 0 bridgehead atoms. The summed E-state index contributed by atoms with van der Waals surface area (Å²) in [5, 5.41) is 12.0. The highest BCUT2D eigenvalue weighted by molar-refractivity contribution is 7.99. The van der Waals surface area contributed by atoms with E-state index in [0.29, 0.717) is 11.9 Å². The van der Waals surface area contributed by atoms with Gasteiger partial charge in [0.2, 0.25) is 0 Å². The number of hydrogen-bond acceptors (Lipinski definition) is 9. The number of thiol groups is 1. The topological polar surface area (TPSA) is 142 Å². The molecule has 0 heterocycles. The molecule has 0 spiro atoms. The van der Waals surface area contributed by atoms with Gasteiger partial charge in [0, 0.05) is 21.3 Å². The monoisotopic (exact) mass is 338 g/mol. The van der Waals surface area contributed by atoms with Crippen LogP contribution in [0.15, 0.2) is 9.87 Å². The minimum Gasteiger partial charge on any atom is -0.480 e. The van der Waals surface area contributed by atoms with Crippen molar-refractivity contribution in [3.63, 3.8) is 0 Å². The molecule has 120 valence electrons. The molecular weight excluding hydrogens is 320 g/mol. The average Bonchev–Trinajstić information content (AvgIpc) is 2.31. The standard InChI is InChI=1S/C10H18N4O5S2/c1-9(2,20)5(11)7(15)14(12-18)6(8(16)17)10(3,4)21-13-19/h5-6,20H,11H2,1-4H3,(H,16,17)/t5-,6-/m1/s1. The first kappa shape index (κ1) is 19.8. The lowest BCUT2D eigenvalue weighted by Crippen LogP contribution is -2.59. The Balaban J connectivity index is 5.66. The SMILES string of the molecule is CC(C)(S)[C@H](N)C(=O)N(N=O)[C@H](C(=O)O)C(C)(C)SN=O. The van der Waals surface area contributed by atoms with Gasteiger partial charge < -0.3 is 10.8 Å². The summed E-state index contributed by atoms with van der Waals surface area (Å²) in [6, 6.07) is -2.96. The van der Waals surface area contributed by atoms with Gasteiger partial charge in [0.05, 0.1) is 10.0 Å². The van der Waals surface area contributed by atoms with Crippen LogP contribution < -0.4 is 5.73 Å². The van der Waals surface area contributed by atoms with Crippen molar-refractivity contribution in [1.82, 2.24) is 5.01 Å². The number of amides is 1. The van der Waals surface area contributed by atoms with Crippen LogP contribution in [0, 0.1) is 9.81 Å². The molecule has 0 saturated heterocycles. The van der Waals surface area contributed by atoms with E-state index in [1.165, 1.54) is 27.7 Å². The van der Waals surface area contributed by atoms with Gasteiger partial charge >= 0.3 is 5.97 Å². The van der Waals surface area contributed by atoms with E-state index >= 15 is 0 Å². The van der Waals surface area contributed by atoms with Crippen LogP contribution in [0.1, 0.15) is 27.7 Å². The van der Waals surface area contributed by atoms with E-state index in [4.69, 9.17) is 5.73 Å². The van der Waals surface area contributed by atoms with Gasteiger partial charge in [-0.15, -0.1) is 9.81 Å². The molecule has 0 aliphatic carbocycles. The van der Waals surface area contributed by atoms with Crippen LogP contribution in [0.25, 0.3) is 0 Å². The number of aliphatic carboxylic acids is 1. The van der Waals surface area contributed by atoms with Crippen molar-refractivity contribution in [2.24, 2.45) is 15.6 Å². The first-order valence-electron chi connectivity index (χ1n) is 5.78. The molecule has 3 N–H and O–H groups in total. The molecule has 0 fully saturated rings. The largest absolute Gasteiger partial charge is 0.480 e. The van der Waals surface area contributed by atoms with Crippen molar-refractivity contribution in [1.29, 1.82) is 0 Å². The Hall–Kier alpha value is -1.20. The molecule has 0 radical (unpaired) electrons. The molecule has 11 heteroatoms. The van der Waals surface area contributed by atoms with E-state index in [1.807, 2.05) is 0 Å². The molecule has 1 amide bonds. The van der Waals surface area contributed by atoms with Gasteiger partial charge in [-0.3, -0.25) is 4.79 Å². The summed E-state index contributed by atoms with van der Waals surface area (Å²) in [5.74, 6) is -2.51. The summed E-state index contributed by atoms with van der Waals surface area (Å²) >= 11 is 4.51. The van der Waals surface area contributed by atoms with Crippen LogP contribution in [0.4, 0.5) is 0 Å². The van der Waals surface area contributed by atoms with Gasteiger partial charge in [-0.2, -0.15) is 17.6 Å². The molecule has 0 saturated carbocycles. The number of carbonyl (C=O) groups excluding carboxylic acids is 1. The quantitative estimate of drug-likeness (QED) is 0.261. The first-order chi connectivity index (χ1) is 9.40. The summed E-state index contributed by atoms with van der Waals surface area (Å²) < 4.78 is 0.181. The fourth-order valence-corrected chi connectivity index (χ4v) is 2.10. The summed E-state index contributed by atoms with van der Waals surface area (Å²) in [6.07, 6.45) is 0. The highest BCUT2D eigenvalue weighted by atomic mass is 32.2. The molecule has 0 aromatic carbocycles. The van der Waals surface area contributed by atoms with Crippen LogP contribution in [0.5, 0.6) is 0 Å². The minimum absolute atomic E-state index is 0.225. The van der Waals surface area contributed by atoms with E-state index in [9.17, 15) is 24.5 Å². The van der Waals surface area contributed by atoms with E-state index in [2.05, 4.69) is 22.5 Å². The third-order valence-electron chi connectivity index (χ3n) is 2.75. The Labute approximate surface area is 131 Å². The predicted octanol–water partition coefficient (Wildman–Crippen LogP) is 1.18. The Morgan fingerprint density at radius 3 is 2.05 bits per heavy atom. The number of hydrogen-bond donors (Lipinski definition) is 3. The van der Waals surface area contributed by atoms with Gasteiger partial charge in [0.1, 0.15) is 6.04 Å². The summed E-state index contributed by atoms with van der Waals surface area (Å²) in [6.45, 7) is 5.76. The van der Waals surface area contributed by atoms with Crippen molar-refractivity contribution >= 4 is 36.5 Å². The Morgan fingerprint density at radius 2 is 1.76 bits per heavy atom. The second-order valence-corrected chi connectivity index (χ2v) is 7.94. The summed E-state index contributed by atoms with van der Waals surface area (Å²) in [5.41, 5.74) is 5.67. The van der Waals surface area contributed by atoms with Crippen LogP contribution in [0.2, 0.25) is 0 Å². The first-order valence-corrected chi connectivity index (χ1v) is 7.00. The maximum Gasteiger partial charge on any atom is 0.330 e. The molecule has 0 aromatic rings. The van der Waals surface area contributed by atoms with E-state index in [0.717, 1.165) is 0 Å². The number of carboxylic acid groups (broad SMARTS) is 1. The zero-order chi connectivity index (χ0) is 17.0. The normalized spacial score (nSPS) is 15.0. The molecule has 0 aliphatic heterocycles. The Morgan fingerprint density at radius 1 is 1.29 bits per heavy atom.